The number of carbonyl (C=O) groups is 3. The lowest BCUT2D eigenvalue weighted by molar-refractivity contribution is -0.137. The normalized spacial score (nSPS) is 23.5. The van der Waals surface area contributed by atoms with Crippen molar-refractivity contribution in [3.8, 4) is 6.07 Å². The summed E-state index contributed by atoms with van der Waals surface area (Å²) >= 11 is 0. The molecular weight excluding hydrogens is 463 g/mol. The van der Waals surface area contributed by atoms with Crippen LogP contribution in [0.5, 0.6) is 0 Å². The molecule has 0 saturated carbocycles. The number of anilines is 1. The van der Waals surface area contributed by atoms with E-state index in [1.54, 1.807) is 0 Å². The minimum absolute atomic E-state index is 0.00611. The maximum atomic E-state index is 13.6. The number of rotatable bonds is 2. The molecule has 7 nitrogen and oxygen atoms in total. The Kier molecular flexibility index (Phi) is 4.65. The average molecular weight is 476 g/mol. The zero-order chi connectivity index (χ0) is 24.5. The topological polar surface area (TPSA) is 84.7 Å². The minimum atomic E-state index is -4.88. The van der Waals surface area contributed by atoms with Gasteiger partial charge in [-0.25, -0.2) is 18.5 Å². The summed E-state index contributed by atoms with van der Waals surface area (Å²) in [7, 11) is 0. The monoisotopic (exact) mass is 476 g/mol. The SMILES string of the molecule is N#Cc1ccc(N2C(=O)[C@@H]3[C@@H]4C[C@@H](CN4C(=O)c4cc(F)cc(F)c4)N3C2=O)cc1C(F)(F)F. The number of piperazine rings is 1. The van der Waals surface area contributed by atoms with Gasteiger partial charge in [0.15, 0.2) is 0 Å². The highest BCUT2D eigenvalue weighted by molar-refractivity contribution is 6.22. The van der Waals surface area contributed by atoms with Crippen LogP contribution >= 0.6 is 0 Å². The number of halogens is 5. The second-order valence-electron chi connectivity index (χ2n) is 8.22. The molecule has 0 N–H and O–H groups in total. The van der Waals surface area contributed by atoms with E-state index in [0.29, 0.717) is 17.0 Å². The van der Waals surface area contributed by atoms with E-state index in [1.807, 2.05) is 0 Å². The Morgan fingerprint density at radius 1 is 1.06 bits per heavy atom. The molecule has 3 aliphatic rings. The van der Waals surface area contributed by atoms with Crippen molar-refractivity contribution in [1.82, 2.24) is 9.80 Å². The van der Waals surface area contributed by atoms with Gasteiger partial charge in [-0.2, -0.15) is 18.4 Å². The zero-order valence-electron chi connectivity index (χ0n) is 17.0. The number of alkyl halides is 3. The first-order valence-electron chi connectivity index (χ1n) is 10.1. The standard InChI is InChI=1S/C22H13F5N4O3/c23-12-3-11(4-13(24)5-12)19(32)29-9-15-7-17(29)18-20(33)31(21(34)30(15)18)14-2-1-10(8-28)16(6-14)22(25,26)27/h1-6,15,17-18H,7,9H2/t15-,17-,18-/m0/s1. The number of hydrogen-bond acceptors (Lipinski definition) is 4. The molecule has 3 atom stereocenters. The van der Waals surface area contributed by atoms with Crippen LogP contribution in [-0.4, -0.2) is 52.3 Å². The summed E-state index contributed by atoms with van der Waals surface area (Å²) in [6, 6.07) is 2.93. The van der Waals surface area contributed by atoms with Crippen LogP contribution in [0.25, 0.3) is 0 Å². The predicted molar refractivity (Wildman–Crippen MR) is 104 cm³/mol. The largest absolute Gasteiger partial charge is 0.417 e. The van der Waals surface area contributed by atoms with E-state index in [2.05, 4.69) is 0 Å². The van der Waals surface area contributed by atoms with Crippen molar-refractivity contribution in [2.45, 2.75) is 30.7 Å². The first kappa shape index (κ1) is 21.8. The summed E-state index contributed by atoms with van der Waals surface area (Å²) in [4.78, 5) is 42.2. The van der Waals surface area contributed by atoms with Gasteiger partial charge >= 0.3 is 12.2 Å². The Morgan fingerprint density at radius 2 is 1.74 bits per heavy atom. The Balaban J connectivity index is 1.47. The summed E-state index contributed by atoms with van der Waals surface area (Å²) in [6.45, 7) is 0.00611. The Bertz CT molecular complexity index is 1280. The third kappa shape index (κ3) is 3.11. The summed E-state index contributed by atoms with van der Waals surface area (Å²) in [6.07, 6.45) is -4.63. The van der Waals surface area contributed by atoms with Crippen LogP contribution < -0.4 is 4.90 Å². The number of imide groups is 1. The molecule has 3 heterocycles. The van der Waals surface area contributed by atoms with Crippen molar-refractivity contribution in [1.29, 1.82) is 5.26 Å². The van der Waals surface area contributed by atoms with E-state index in [9.17, 15) is 36.3 Å². The first-order valence-corrected chi connectivity index (χ1v) is 10.1. The van der Waals surface area contributed by atoms with Crippen molar-refractivity contribution < 1.29 is 36.3 Å². The maximum absolute atomic E-state index is 13.6. The highest BCUT2D eigenvalue weighted by Gasteiger charge is 2.63. The Hall–Kier alpha value is -4.01. The Morgan fingerprint density at radius 3 is 2.35 bits per heavy atom. The fourth-order valence-corrected chi connectivity index (χ4v) is 4.97. The van der Waals surface area contributed by atoms with E-state index >= 15 is 0 Å². The molecule has 2 aromatic rings. The maximum Gasteiger partial charge on any atom is 0.417 e. The van der Waals surface area contributed by atoms with Crippen molar-refractivity contribution in [2.24, 2.45) is 0 Å². The van der Waals surface area contributed by atoms with Crippen LogP contribution in [0.2, 0.25) is 0 Å². The third-order valence-electron chi connectivity index (χ3n) is 6.32. The van der Waals surface area contributed by atoms with E-state index in [0.717, 1.165) is 24.3 Å². The number of fused-ring (bicyclic) bond motifs is 5. The van der Waals surface area contributed by atoms with Crippen molar-refractivity contribution >= 4 is 23.5 Å². The quantitative estimate of drug-likeness (QED) is 0.492. The van der Waals surface area contributed by atoms with E-state index < -0.39 is 64.9 Å². The average Bonchev–Trinajstić information content (AvgIpc) is 3.43. The summed E-state index contributed by atoms with van der Waals surface area (Å²) < 4.78 is 67.3. The lowest BCUT2D eigenvalue weighted by Gasteiger charge is -2.34. The first-order chi connectivity index (χ1) is 16.0. The number of likely N-dealkylation sites (tertiary alicyclic amines) is 1. The molecule has 5 rings (SSSR count). The van der Waals surface area contributed by atoms with Gasteiger partial charge < -0.3 is 9.80 Å². The van der Waals surface area contributed by atoms with Crippen LogP contribution in [0.1, 0.15) is 27.9 Å². The number of carbonyl (C=O) groups excluding carboxylic acids is 3. The van der Waals surface area contributed by atoms with Gasteiger partial charge in [0.2, 0.25) is 0 Å². The van der Waals surface area contributed by atoms with Crippen LogP contribution in [0.4, 0.5) is 32.4 Å². The summed E-state index contributed by atoms with van der Waals surface area (Å²) in [5, 5.41) is 8.97. The molecule has 3 fully saturated rings. The number of amides is 4. The second-order valence-corrected chi connectivity index (χ2v) is 8.22. The van der Waals surface area contributed by atoms with Gasteiger partial charge in [-0.1, -0.05) is 0 Å². The van der Waals surface area contributed by atoms with Gasteiger partial charge in [0.25, 0.3) is 11.8 Å². The van der Waals surface area contributed by atoms with Crippen LogP contribution in [0, 0.1) is 23.0 Å². The van der Waals surface area contributed by atoms with Crippen LogP contribution in [0.3, 0.4) is 0 Å². The number of urea groups is 1. The van der Waals surface area contributed by atoms with Gasteiger partial charge in [0.1, 0.15) is 17.7 Å². The van der Waals surface area contributed by atoms with Crippen molar-refractivity contribution in [2.75, 3.05) is 11.4 Å². The smallest absolute Gasteiger partial charge is 0.331 e. The molecule has 2 bridgehead atoms. The van der Waals surface area contributed by atoms with Gasteiger partial charge in [-0.05, 0) is 36.8 Å². The molecule has 4 amide bonds. The van der Waals surface area contributed by atoms with E-state index in [-0.39, 0.29) is 24.2 Å². The summed E-state index contributed by atoms with van der Waals surface area (Å²) in [5.74, 6) is -3.44. The van der Waals surface area contributed by atoms with Crippen molar-refractivity contribution in [3.63, 3.8) is 0 Å². The number of nitriles is 1. The molecule has 3 aliphatic heterocycles. The van der Waals surface area contributed by atoms with Crippen LogP contribution in [-0.2, 0) is 11.0 Å². The molecule has 174 valence electrons. The lowest BCUT2D eigenvalue weighted by Crippen LogP contribution is -2.54. The number of hydrogen-bond donors (Lipinski definition) is 0. The molecular formula is C22H13F5N4O3. The van der Waals surface area contributed by atoms with Crippen molar-refractivity contribution in [3.05, 3.63) is 64.7 Å². The molecule has 0 aliphatic carbocycles. The summed E-state index contributed by atoms with van der Waals surface area (Å²) in [5.41, 5.74) is -2.55. The highest BCUT2D eigenvalue weighted by Crippen LogP contribution is 2.44. The number of benzene rings is 2. The van der Waals surface area contributed by atoms with Gasteiger partial charge in [-0.3, -0.25) is 9.59 Å². The Labute approximate surface area is 188 Å². The zero-order valence-corrected chi connectivity index (χ0v) is 17.0. The minimum Gasteiger partial charge on any atom is -0.331 e. The van der Waals surface area contributed by atoms with Gasteiger partial charge in [-0.15, -0.1) is 0 Å². The van der Waals surface area contributed by atoms with Crippen LogP contribution in [0.15, 0.2) is 36.4 Å². The fourth-order valence-electron chi connectivity index (χ4n) is 4.97. The van der Waals surface area contributed by atoms with E-state index in [1.165, 1.54) is 15.9 Å². The molecule has 0 radical (unpaired) electrons. The van der Waals surface area contributed by atoms with E-state index in [4.69, 9.17) is 5.26 Å². The van der Waals surface area contributed by atoms with Gasteiger partial charge in [0, 0.05) is 18.2 Å². The molecule has 0 spiro atoms. The highest BCUT2D eigenvalue weighted by atomic mass is 19.4. The fraction of sp³-hybridized carbons (Fsp3) is 0.273. The number of nitrogens with zero attached hydrogens (tertiary/aromatic N) is 4. The molecule has 3 saturated heterocycles. The molecule has 12 heteroatoms. The lowest BCUT2D eigenvalue weighted by atomic mass is 10.1. The second kappa shape index (κ2) is 7.24. The molecule has 2 aromatic carbocycles. The predicted octanol–water partition coefficient (Wildman–Crippen LogP) is 3.29. The third-order valence-corrected chi connectivity index (χ3v) is 6.32. The molecule has 34 heavy (non-hydrogen) atoms. The van der Waals surface area contributed by atoms with Gasteiger partial charge in [0.05, 0.1) is 35.0 Å². The molecule has 0 aromatic heterocycles. The molecule has 0 unspecified atom stereocenters.